The average Bonchev–Trinajstić information content (AvgIpc) is 3.85. The van der Waals surface area contributed by atoms with Gasteiger partial charge < -0.3 is 15.0 Å². The maximum absolute atomic E-state index is 13.5. The minimum atomic E-state index is -0.623. The van der Waals surface area contributed by atoms with Gasteiger partial charge in [0.2, 0.25) is 11.9 Å². The maximum Gasteiger partial charge on any atom is 0.410 e. The zero-order valence-electron chi connectivity index (χ0n) is 28.7. The summed E-state index contributed by atoms with van der Waals surface area (Å²) < 4.78 is 35.5. The molecule has 0 radical (unpaired) electrons. The van der Waals surface area contributed by atoms with Gasteiger partial charge in [0.05, 0.1) is 17.9 Å². The van der Waals surface area contributed by atoms with Crippen LogP contribution in [0, 0.1) is 11.6 Å². The number of hydrogen-bond donors (Lipinski definition) is 1. The third-order valence-corrected chi connectivity index (χ3v) is 7.22. The van der Waals surface area contributed by atoms with Crippen LogP contribution in [0.1, 0.15) is 43.3 Å². The first-order valence-electron chi connectivity index (χ1n) is 16.4. The van der Waals surface area contributed by atoms with Crippen molar-refractivity contribution < 1.29 is 18.3 Å². The number of aromatic nitrogens is 8. The molecule has 0 aliphatic carbocycles. The van der Waals surface area contributed by atoms with Crippen molar-refractivity contribution in [3.8, 4) is 11.9 Å². The molecule has 264 valence electrons. The van der Waals surface area contributed by atoms with Crippen molar-refractivity contribution >= 4 is 6.09 Å². The fourth-order valence-corrected chi connectivity index (χ4v) is 4.81. The van der Waals surface area contributed by atoms with Crippen LogP contribution in [0.15, 0.2) is 110 Å². The summed E-state index contributed by atoms with van der Waals surface area (Å²) in [4.78, 5) is 39.7. The highest BCUT2D eigenvalue weighted by atomic mass is 19.1. The molecule has 0 aliphatic rings. The van der Waals surface area contributed by atoms with E-state index in [0.717, 1.165) is 29.8 Å². The number of nitrogens with one attached hydrogen (secondary N) is 1. The van der Waals surface area contributed by atoms with Gasteiger partial charge in [0.15, 0.2) is 0 Å². The van der Waals surface area contributed by atoms with Gasteiger partial charge in [0.1, 0.15) is 29.9 Å². The lowest BCUT2D eigenvalue weighted by Gasteiger charge is -2.27. The predicted molar refractivity (Wildman–Crippen MR) is 187 cm³/mol. The van der Waals surface area contributed by atoms with E-state index in [1.165, 1.54) is 18.2 Å². The first-order chi connectivity index (χ1) is 24.6. The van der Waals surface area contributed by atoms with Gasteiger partial charge in [0.25, 0.3) is 0 Å². The van der Waals surface area contributed by atoms with Crippen molar-refractivity contribution in [2.24, 2.45) is 0 Å². The number of nitrogens with zero attached hydrogens (tertiary/aromatic N) is 9. The van der Waals surface area contributed by atoms with E-state index < -0.39 is 11.7 Å². The van der Waals surface area contributed by atoms with Crippen molar-refractivity contribution in [3.05, 3.63) is 145 Å². The number of rotatable bonds is 12. The monoisotopic (exact) mass is 694 g/mol. The largest absolute Gasteiger partial charge is 0.444 e. The smallest absolute Gasteiger partial charge is 0.410 e. The number of ether oxygens (including phenoxy) is 1. The summed E-state index contributed by atoms with van der Waals surface area (Å²) in [6, 6.07) is 16.6. The molecule has 1 amide bonds. The summed E-state index contributed by atoms with van der Waals surface area (Å²) in [5.41, 5.74) is 2.73. The molecule has 6 aromatic rings. The molecule has 1 N–H and O–H groups in total. The van der Waals surface area contributed by atoms with Gasteiger partial charge >= 0.3 is 6.09 Å². The molecule has 4 heterocycles. The Morgan fingerprint density at radius 2 is 1.35 bits per heavy atom. The molecule has 0 saturated heterocycles. The quantitative estimate of drug-likeness (QED) is 0.155. The third kappa shape index (κ3) is 11.9. The Morgan fingerprint density at radius 1 is 0.784 bits per heavy atom. The van der Waals surface area contributed by atoms with Gasteiger partial charge in [-0.05, 0) is 87.7 Å². The average molecular weight is 695 g/mol. The normalized spacial score (nSPS) is 11.1. The Morgan fingerprint density at radius 3 is 1.90 bits per heavy atom. The van der Waals surface area contributed by atoms with Gasteiger partial charge in [-0.2, -0.15) is 0 Å². The minimum absolute atomic E-state index is 0.196. The molecule has 4 aromatic heterocycles. The van der Waals surface area contributed by atoms with Crippen molar-refractivity contribution in [1.29, 1.82) is 0 Å². The molecule has 14 heteroatoms. The number of hydrogen-bond acceptors (Lipinski definition) is 9. The SMILES string of the molecule is CC(C)(C)OC(=O)N(CCc1cccc(F)c1)Cc1ccnc(-n2ccnc2)n1.Fc1cccc(CCNCc2ccnc(-n3ccnc3)n2)c1. The lowest BCUT2D eigenvalue weighted by molar-refractivity contribution is 0.0233. The molecule has 0 bridgehead atoms. The van der Waals surface area contributed by atoms with Gasteiger partial charge in [-0.1, -0.05) is 24.3 Å². The zero-order valence-corrected chi connectivity index (χ0v) is 28.7. The van der Waals surface area contributed by atoms with Crippen LogP contribution in [0.4, 0.5) is 13.6 Å². The van der Waals surface area contributed by atoms with Gasteiger partial charge in [0, 0.05) is 50.3 Å². The highest BCUT2D eigenvalue weighted by Gasteiger charge is 2.23. The maximum atomic E-state index is 13.5. The van der Waals surface area contributed by atoms with Crippen LogP contribution in [0.3, 0.4) is 0 Å². The summed E-state index contributed by atoms with van der Waals surface area (Å²) in [6.07, 6.45) is 14.3. The Balaban J connectivity index is 0.000000205. The lowest BCUT2D eigenvalue weighted by Crippen LogP contribution is -2.38. The van der Waals surface area contributed by atoms with E-state index >= 15 is 0 Å². The zero-order chi connectivity index (χ0) is 36.1. The van der Waals surface area contributed by atoms with E-state index in [0.29, 0.717) is 37.1 Å². The topological polar surface area (TPSA) is 129 Å². The number of amides is 1. The lowest BCUT2D eigenvalue weighted by atomic mass is 10.1. The number of carbonyl (C=O) groups excluding carboxylic acids is 1. The Labute approximate surface area is 295 Å². The van der Waals surface area contributed by atoms with E-state index in [2.05, 4.69) is 35.2 Å². The number of carbonyl (C=O) groups is 1. The summed E-state index contributed by atoms with van der Waals surface area (Å²) >= 11 is 0. The summed E-state index contributed by atoms with van der Waals surface area (Å²) in [7, 11) is 0. The highest BCUT2D eigenvalue weighted by molar-refractivity contribution is 5.68. The molecule has 0 spiro atoms. The number of benzene rings is 2. The van der Waals surface area contributed by atoms with Crippen LogP contribution in [0.2, 0.25) is 0 Å². The second-order valence-electron chi connectivity index (χ2n) is 12.5. The second-order valence-corrected chi connectivity index (χ2v) is 12.5. The molecule has 0 fully saturated rings. The van der Waals surface area contributed by atoms with Crippen LogP contribution in [-0.4, -0.2) is 68.7 Å². The molecule has 0 saturated carbocycles. The van der Waals surface area contributed by atoms with E-state index in [9.17, 15) is 13.6 Å². The van der Waals surface area contributed by atoms with Crippen molar-refractivity contribution in [2.75, 3.05) is 13.1 Å². The Kier molecular flexibility index (Phi) is 12.6. The molecule has 12 nitrogen and oxygen atoms in total. The van der Waals surface area contributed by atoms with Gasteiger partial charge in [-0.3, -0.25) is 9.13 Å². The second kappa shape index (κ2) is 17.7. The van der Waals surface area contributed by atoms with E-state index in [4.69, 9.17) is 4.74 Å². The Bertz CT molecular complexity index is 1960. The molecule has 0 unspecified atom stereocenters. The highest BCUT2D eigenvalue weighted by Crippen LogP contribution is 2.14. The fraction of sp³-hybridized carbons (Fsp3) is 0.270. The molecule has 0 atom stereocenters. The van der Waals surface area contributed by atoms with Gasteiger partial charge in [-0.15, -0.1) is 0 Å². The van der Waals surface area contributed by atoms with Gasteiger partial charge in [-0.25, -0.2) is 43.5 Å². The van der Waals surface area contributed by atoms with Crippen molar-refractivity contribution in [3.63, 3.8) is 0 Å². The molecule has 51 heavy (non-hydrogen) atoms. The number of imidazole rings is 2. The molecule has 6 rings (SSSR count). The first-order valence-corrected chi connectivity index (χ1v) is 16.4. The standard InChI is InChI=1S/C21H24FN5O2.C16H16FN5/c1-21(2,3)29-20(28)26(11-8-16-5-4-6-17(22)13-16)14-18-7-9-24-19(25-18)27-12-10-23-15-27;17-14-3-1-2-13(10-14)4-6-18-11-15-5-7-20-16(21-15)22-9-8-19-12-22/h4-7,9-10,12-13,15H,8,11,14H2,1-3H3;1-3,5,7-10,12,18H,4,6,11H2. The van der Waals surface area contributed by atoms with Crippen LogP contribution >= 0.6 is 0 Å². The van der Waals surface area contributed by atoms with Crippen molar-refractivity contribution in [1.82, 2.24) is 49.3 Å². The van der Waals surface area contributed by atoms with E-state index in [1.807, 2.05) is 39.0 Å². The van der Waals surface area contributed by atoms with E-state index in [-0.39, 0.29) is 18.2 Å². The molecule has 2 aromatic carbocycles. The fourth-order valence-electron chi connectivity index (χ4n) is 4.81. The predicted octanol–water partition coefficient (Wildman–Crippen LogP) is 5.91. The number of halogens is 2. The summed E-state index contributed by atoms with van der Waals surface area (Å²) in [6.45, 7) is 7.46. The van der Waals surface area contributed by atoms with E-state index in [1.54, 1.807) is 88.1 Å². The van der Waals surface area contributed by atoms with Crippen LogP contribution in [0.5, 0.6) is 0 Å². The minimum Gasteiger partial charge on any atom is -0.444 e. The summed E-state index contributed by atoms with van der Waals surface area (Å²) in [5.74, 6) is 0.571. The molecule has 0 aliphatic heterocycles. The third-order valence-electron chi connectivity index (χ3n) is 7.22. The molecular weight excluding hydrogens is 654 g/mol. The first kappa shape index (κ1) is 36.4. The summed E-state index contributed by atoms with van der Waals surface area (Å²) in [5, 5.41) is 3.30. The van der Waals surface area contributed by atoms with Crippen LogP contribution in [-0.2, 0) is 30.7 Å². The Hall–Kier alpha value is -5.89. The van der Waals surface area contributed by atoms with Crippen LogP contribution in [0.25, 0.3) is 11.9 Å². The molecular formula is C37H40F2N10O2. The van der Waals surface area contributed by atoms with Crippen molar-refractivity contribution in [2.45, 2.75) is 52.3 Å². The van der Waals surface area contributed by atoms with Crippen LogP contribution < -0.4 is 5.32 Å².